The molecule has 0 fully saturated rings. The summed E-state index contributed by atoms with van der Waals surface area (Å²) in [6, 6.07) is 12.1. The van der Waals surface area contributed by atoms with Gasteiger partial charge in [-0.15, -0.1) is 11.3 Å². The van der Waals surface area contributed by atoms with Gasteiger partial charge in [0, 0.05) is 6.42 Å². The number of ketones is 1. The number of rotatable bonds is 4. The second-order valence-electron chi connectivity index (χ2n) is 4.47. The number of thiophene rings is 1. The highest BCUT2D eigenvalue weighted by Crippen LogP contribution is 2.17. The highest BCUT2D eigenvalue weighted by Gasteiger charge is 2.08. The molecule has 0 N–H and O–H groups in total. The van der Waals surface area contributed by atoms with Crippen molar-refractivity contribution in [2.75, 3.05) is 0 Å². The van der Waals surface area contributed by atoms with Gasteiger partial charge in [0.05, 0.1) is 4.88 Å². The van der Waals surface area contributed by atoms with Crippen LogP contribution in [0.2, 0.25) is 0 Å². The maximum atomic E-state index is 11.9. The Morgan fingerprint density at radius 2 is 1.88 bits per heavy atom. The lowest BCUT2D eigenvalue weighted by Gasteiger charge is -2.06. The quantitative estimate of drug-likeness (QED) is 0.733. The Morgan fingerprint density at radius 3 is 2.41 bits per heavy atom. The maximum absolute atomic E-state index is 11.9. The SMILES string of the molecule is CC(C)c1ccc(CC(=O)c2cccs2)cc1. The molecule has 1 aromatic carbocycles. The highest BCUT2D eigenvalue weighted by atomic mass is 32.1. The minimum absolute atomic E-state index is 0.206. The molecule has 88 valence electrons. The zero-order chi connectivity index (χ0) is 12.3. The average molecular weight is 244 g/mol. The van der Waals surface area contributed by atoms with Gasteiger partial charge >= 0.3 is 0 Å². The normalized spacial score (nSPS) is 10.8. The summed E-state index contributed by atoms with van der Waals surface area (Å²) in [6.45, 7) is 4.34. The van der Waals surface area contributed by atoms with Crippen LogP contribution in [-0.4, -0.2) is 5.78 Å². The molecule has 0 aliphatic carbocycles. The zero-order valence-electron chi connectivity index (χ0n) is 10.1. The monoisotopic (exact) mass is 244 g/mol. The van der Waals surface area contributed by atoms with Crippen molar-refractivity contribution >= 4 is 17.1 Å². The van der Waals surface area contributed by atoms with Crippen molar-refractivity contribution in [1.29, 1.82) is 0 Å². The summed E-state index contributed by atoms with van der Waals surface area (Å²) in [6.07, 6.45) is 0.499. The summed E-state index contributed by atoms with van der Waals surface area (Å²) >= 11 is 1.51. The number of carbonyl (C=O) groups excluding carboxylic acids is 1. The van der Waals surface area contributed by atoms with E-state index < -0.39 is 0 Å². The van der Waals surface area contributed by atoms with E-state index in [0.29, 0.717) is 12.3 Å². The van der Waals surface area contributed by atoms with Crippen LogP contribution in [-0.2, 0) is 6.42 Å². The predicted molar refractivity (Wildman–Crippen MR) is 72.9 cm³/mol. The molecule has 0 aliphatic heterocycles. The molecule has 1 heterocycles. The van der Waals surface area contributed by atoms with E-state index in [4.69, 9.17) is 0 Å². The van der Waals surface area contributed by atoms with Gasteiger partial charge in [-0.1, -0.05) is 44.2 Å². The van der Waals surface area contributed by atoms with Gasteiger partial charge in [-0.2, -0.15) is 0 Å². The molecule has 0 unspecified atom stereocenters. The third kappa shape index (κ3) is 3.04. The van der Waals surface area contributed by atoms with E-state index in [1.807, 2.05) is 17.5 Å². The van der Waals surface area contributed by atoms with Gasteiger partial charge in [0.2, 0.25) is 0 Å². The second-order valence-corrected chi connectivity index (χ2v) is 5.42. The van der Waals surface area contributed by atoms with Crippen LogP contribution in [0.15, 0.2) is 41.8 Å². The van der Waals surface area contributed by atoms with E-state index >= 15 is 0 Å². The van der Waals surface area contributed by atoms with Crippen molar-refractivity contribution in [1.82, 2.24) is 0 Å². The van der Waals surface area contributed by atoms with Gasteiger partial charge in [-0.25, -0.2) is 0 Å². The van der Waals surface area contributed by atoms with Crippen molar-refractivity contribution < 1.29 is 4.79 Å². The summed E-state index contributed by atoms with van der Waals surface area (Å²) in [4.78, 5) is 12.7. The number of benzene rings is 1. The van der Waals surface area contributed by atoms with Crippen molar-refractivity contribution in [3.63, 3.8) is 0 Å². The number of Topliss-reactive ketones (excluding diaryl/α,β-unsaturated/α-hetero) is 1. The fourth-order valence-corrected chi connectivity index (χ4v) is 2.39. The minimum Gasteiger partial charge on any atom is -0.293 e. The largest absolute Gasteiger partial charge is 0.293 e. The molecule has 0 saturated carbocycles. The second kappa shape index (κ2) is 5.28. The van der Waals surface area contributed by atoms with Gasteiger partial charge < -0.3 is 0 Å². The molecule has 0 atom stereocenters. The Balaban J connectivity index is 2.07. The summed E-state index contributed by atoms with van der Waals surface area (Å²) in [5.41, 5.74) is 2.41. The summed E-state index contributed by atoms with van der Waals surface area (Å²) in [5, 5.41) is 1.94. The van der Waals surface area contributed by atoms with Gasteiger partial charge in [0.15, 0.2) is 5.78 Å². The summed E-state index contributed by atoms with van der Waals surface area (Å²) in [7, 11) is 0. The van der Waals surface area contributed by atoms with Gasteiger partial charge in [-0.3, -0.25) is 4.79 Å². The lowest BCUT2D eigenvalue weighted by molar-refractivity contribution is 0.0997. The first-order chi connectivity index (χ1) is 8.16. The average Bonchev–Trinajstić information content (AvgIpc) is 2.83. The van der Waals surface area contributed by atoms with Crippen LogP contribution in [0.1, 0.15) is 40.6 Å². The van der Waals surface area contributed by atoms with E-state index in [2.05, 4.69) is 38.1 Å². The van der Waals surface area contributed by atoms with Gasteiger partial charge in [0.1, 0.15) is 0 Å². The minimum atomic E-state index is 0.206. The lowest BCUT2D eigenvalue weighted by Crippen LogP contribution is -2.01. The van der Waals surface area contributed by atoms with Crippen LogP contribution in [0, 0.1) is 0 Å². The fraction of sp³-hybridized carbons (Fsp3) is 0.267. The highest BCUT2D eigenvalue weighted by molar-refractivity contribution is 7.12. The van der Waals surface area contributed by atoms with E-state index in [1.165, 1.54) is 16.9 Å². The molecule has 1 nitrogen and oxygen atoms in total. The Bertz CT molecular complexity index is 480. The Kier molecular flexibility index (Phi) is 3.75. The Labute approximate surface area is 106 Å². The number of hydrogen-bond donors (Lipinski definition) is 0. The van der Waals surface area contributed by atoms with Crippen LogP contribution in [0.25, 0.3) is 0 Å². The summed E-state index contributed by atoms with van der Waals surface area (Å²) in [5.74, 6) is 0.745. The molecule has 2 rings (SSSR count). The van der Waals surface area contributed by atoms with Crippen molar-refractivity contribution in [3.8, 4) is 0 Å². The van der Waals surface area contributed by atoms with Crippen LogP contribution < -0.4 is 0 Å². The first-order valence-corrected chi connectivity index (χ1v) is 6.70. The Hall–Kier alpha value is -1.41. The van der Waals surface area contributed by atoms with E-state index in [1.54, 1.807) is 0 Å². The smallest absolute Gasteiger partial charge is 0.177 e. The van der Waals surface area contributed by atoms with E-state index in [0.717, 1.165) is 10.4 Å². The predicted octanol–water partition coefficient (Wildman–Crippen LogP) is 4.30. The number of carbonyl (C=O) groups is 1. The summed E-state index contributed by atoms with van der Waals surface area (Å²) < 4.78 is 0. The van der Waals surface area contributed by atoms with Gasteiger partial charge in [0.25, 0.3) is 0 Å². The molecule has 1 aromatic heterocycles. The molecule has 0 bridgehead atoms. The van der Waals surface area contributed by atoms with Crippen molar-refractivity contribution in [3.05, 3.63) is 57.8 Å². The molecule has 0 spiro atoms. The van der Waals surface area contributed by atoms with Crippen LogP contribution in [0.4, 0.5) is 0 Å². The molecule has 0 aliphatic rings. The topological polar surface area (TPSA) is 17.1 Å². The fourth-order valence-electron chi connectivity index (χ4n) is 1.73. The van der Waals surface area contributed by atoms with Crippen molar-refractivity contribution in [2.45, 2.75) is 26.2 Å². The van der Waals surface area contributed by atoms with Crippen LogP contribution in [0.5, 0.6) is 0 Å². The zero-order valence-corrected chi connectivity index (χ0v) is 11.0. The third-order valence-corrected chi connectivity index (χ3v) is 3.72. The molecular formula is C15H16OS. The molecule has 0 radical (unpaired) electrons. The maximum Gasteiger partial charge on any atom is 0.177 e. The molecular weight excluding hydrogens is 228 g/mol. The van der Waals surface area contributed by atoms with Crippen molar-refractivity contribution in [2.24, 2.45) is 0 Å². The van der Waals surface area contributed by atoms with Crippen LogP contribution in [0.3, 0.4) is 0 Å². The third-order valence-electron chi connectivity index (χ3n) is 2.81. The first-order valence-electron chi connectivity index (χ1n) is 5.82. The molecule has 0 saturated heterocycles. The van der Waals surface area contributed by atoms with Crippen LogP contribution >= 0.6 is 11.3 Å². The molecule has 2 heteroatoms. The number of hydrogen-bond acceptors (Lipinski definition) is 2. The lowest BCUT2D eigenvalue weighted by atomic mass is 10.00. The van der Waals surface area contributed by atoms with Gasteiger partial charge in [-0.05, 0) is 28.5 Å². The first kappa shape index (κ1) is 12.1. The standard InChI is InChI=1S/C15H16OS/c1-11(2)13-7-5-12(6-8-13)10-14(16)15-4-3-9-17-15/h3-9,11H,10H2,1-2H3. The molecule has 17 heavy (non-hydrogen) atoms. The Morgan fingerprint density at radius 1 is 1.18 bits per heavy atom. The van der Waals surface area contributed by atoms with E-state index in [9.17, 15) is 4.79 Å². The van der Waals surface area contributed by atoms with E-state index in [-0.39, 0.29) is 5.78 Å². The molecule has 2 aromatic rings. The molecule has 0 amide bonds.